The number of pyridine rings is 1. The molecule has 4 rings (SSSR count). The third-order valence-electron chi connectivity index (χ3n) is 5.67. The number of aromatic nitrogens is 2. The Labute approximate surface area is 174 Å². The molecule has 7 heteroatoms. The number of methoxy groups -OCH3 is 1. The number of amides is 1. The molecule has 0 spiro atoms. The molecule has 1 aliphatic rings. The maximum atomic E-state index is 12.4. The molecule has 1 aliphatic carbocycles. The number of hydrogen-bond donors (Lipinski definition) is 1. The van der Waals surface area contributed by atoms with Crippen LogP contribution in [0.5, 0.6) is 5.75 Å². The standard InChI is InChI=1S/C23H25N3O4/c1-29-20(27)14-30-19-11-6-10-18-22(19)21-16(23(24)28)8-2-3-9-17(21)26(18)13-15-7-4-5-12-25-15/h4-7,10-12,16H,2-3,8-9,13-14H2,1H3,(H2,24,28). The molecule has 2 N–H and O–H groups in total. The number of benzene rings is 1. The molecule has 1 atom stereocenters. The first kappa shape index (κ1) is 19.9. The first-order valence-corrected chi connectivity index (χ1v) is 10.1. The number of nitrogens with zero attached hydrogens (tertiary/aromatic N) is 2. The van der Waals surface area contributed by atoms with Gasteiger partial charge in [0.05, 0.1) is 30.8 Å². The minimum Gasteiger partial charge on any atom is -0.481 e. The van der Waals surface area contributed by atoms with Gasteiger partial charge in [0.15, 0.2) is 6.61 Å². The van der Waals surface area contributed by atoms with Crippen molar-refractivity contribution in [1.29, 1.82) is 0 Å². The van der Waals surface area contributed by atoms with Gasteiger partial charge in [0.2, 0.25) is 5.91 Å². The van der Waals surface area contributed by atoms with Gasteiger partial charge in [0, 0.05) is 17.3 Å². The van der Waals surface area contributed by atoms with Crippen molar-refractivity contribution in [1.82, 2.24) is 9.55 Å². The predicted octanol–water partition coefficient (Wildman–Crippen LogP) is 2.93. The fourth-order valence-corrected chi connectivity index (χ4v) is 4.32. The van der Waals surface area contributed by atoms with Crippen LogP contribution in [0.2, 0.25) is 0 Å². The first-order chi connectivity index (χ1) is 14.6. The lowest BCUT2D eigenvalue weighted by Gasteiger charge is -2.14. The number of nitrogens with two attached hydrogens (primary N) is 1. The van der Waals surface area contributed by atoms with Crippen LogP contribution in [-0.4, -0.2) is 35.1 Å². The highest BCUT2D eigenvalue weighted by Crippen LogP contribution is 2.42. The average Bonchev–Trinajstić information content (AvgIpc) is 2.91. The van der Waals surface area contributed by atoms with Crippen molar-refractivity contribution in [2.24, 2.45) is 5.73 Å². The third kappa shape index (κ3) is 3.75. The Hall–Kier alpha value is -3.35. The number of carbonyl (C=O) groups is 2. The van der Waals surface area contributed by atoms with Crippen LogP contribution in [0, 0.1) is 0 Å². The minimum absolute atomic E-state index is 0.197. The SMILES string of the molecule is COC(=O)COc1cccc2c1c1c(n2Cc2ccccn2)CCCCC1C(N)=O. The minimum atomic E-state index is -0.461. The molecule has 0 saturated carbocycles. The van der Waals surface area contributed by atoms with Crippen molar-refractivity contribution >= 4 is 22.8 Å². The van der Waals surface area contributed by atoms with Gasteiger partial charge in [-0.25, -0.2) is 4.79 Å². The second kappa shape index (κ2) is 8.57. The second-order valence-corrected chi connectivity index (χ2v) is 7.48. The van der Waals surface area contributed by atoms with Crippen molar-refractivity contribution in [3.8, 4) is 5.75 Å². The zero-order valence-electron chi connectivity index (χ0n) is 17.0. The lowest BCUT2D eigenvalue weighted by Crippen LogP contribution is -2.22. The third-order valence-corrected chi connectivity index (χ3v) is 5.67. The topological polar surface area (TPSA) is 96.4 Å². The van der Waals surface area contributed by atoms with Gasteiger partial charge in [0.1, 0.15) is 5.75 Å². The summed E-state index contributed by atoms with van der Waals surface area (Å²) in [4.78, 5) is 28.5. The maximum Gasteiger partial charge on any atom is 0.343 e. The average molecular weight is 407 g/mol. The molecular formula is C23H25N3O4. The summed E-state index contributed by atoms with van der Waals surface area (Å²) in [6.45, 7) is 0.385. The van der Waals surface area contributed by atoms with Gasteiger partial charge in [-0.15, -0.1) is 0 Å². The molecule has 0 fully saturated rings. The summed E-state index contributed by atoms with van der Waals surface area (Å²) in [6, 6.07) is 11.6. The summed E-state index contributed by atoms with van der Waals surface area (Å²) in [5.74, 6) is -0.629. The molecule has 0 saturated heterocycles. The lowest BCUT2D eigenvalue weighted by atomic mass is 9.92. The molecule has 0 aliphatic heterocycles. The zero-order chi connectivity index (χ0) is 21.1. The summed E-state index contributed by atoms with van der Waals surface area (Å²) >= 11 is 0. The molecule has 1 aromatic carbocycles. The molecule has 1 amide bonds. The van der Waals surface area contributed by atoms with E-state index in [-0.39, 0.29) is 12.5 Å². The summed E-state index contributed by atoms with van der Waals surface area (Å²) in [5.41, 5.74) is 9.71. The summed E-state index contributed by atoms with van der Waals surface area (Å²) in [6.07, 6.45) is 5.23. The van der Waals surface area contributed by atoms with Gasteiger partial charge in [-0.3, -0.25) is 9.78 Å². The van der Waals surface area contributed by atoms with Crippen molar-refractivity contribution < 1.29 is 19.1 Å². The van der Waals surface area contributed by atoms with Gasteiger partial charge < -0.3 is 19.8 Å². The van der Waals surface area contributed by atoms with Crippen molar-refractivity contribution in [3.63, 3.8) is 0 Å². The molecular weight excluding hydrogens is 382 g/mol. The maximum absolute atomic E-state index is 12.4. The Morgan fingerprint density at radius 3 is 2.80 bits per heavy atom. The number of fused-ring (bicyclic) bond motifs is 3. The van der Waals surface area contributed by atoms with Crippen LogP contribution >= 0.6 is 0 Å². The molecule has 0 radical (unpaired) electrons. The van der Waals surface area contributed by atoms with Gasteiger partial charge in [-0.2, -0.15) is 0 Å². The van der Waals surface area contributed by atoms with E-state index in [1.165, 1.54) is 7.11 Å². The monoisotopic (exact) mass is 407 g/mol. The largest absolute Gasteiger partial charge is 0.481 e. The molecule has 2 aromatic heterocycles. The van der Waals surface area contributed by atoms with Crippen LogP contribution in [0.15, 0.2) is 42.6 Å². The number of carbonyl (C=O) groups excluding carboxylic acids is 2. The fraction of sp³-hybridized carbons (Fsp3) is 0.348. The van der Waals surface area contributed by atoms with Crippen LogP contribution in [0.3, 0.4) is 0 Å². The Kier molecular flexibility index (Phi) is 5.70. The normalized spacial score (nSPS) is 16.0. The molecule has 3 aromatic rings. The van der Waals surface area contributed by atoms with Crippen LogP contribution in [0.4, 0.5) is 0 Å². The van der Waals surface area contributed by atoms with E-state index in [1.54, 1.807) is 6.20 Å². The van der Waals surface area contributed by atoms with E-state index in [9.17, 15) is 9.59 Å². The van der Waals surface area contributed by atoms with E-state index >= 15 is 0 Å². The number of ether oxygens (including phenoxy) is 2. The predicted molar refractivity (Wildman–Crippen MR) is 112 cm³/mol. The Morgan fingerprint density at radius 1 is 1.20 bits per heavy atom. The van der Waals surface area contributed by atoms with E-state index < -0.39 is 11.9 Å². The quantitative estimate of drug-likeness (QED) is 0.501. The van der Waals surface area contributed by atoms with E-state index in [4.69, 9.17) is 15.2 Å². The van der Waals surface area contributed by atoms with Crippen LogP contribution in [-0.2, 0) is 27.3 Å². The highest BCUT2D eigenvalue weighted by molar-refractivity contribution is 5.97. The molecule has 2 heterocycles. The van der Waals surface area contributed by atoms with Crippen LogP contribution < -0.4 is 10.5 Å². The zero-order valence-corrected chi connectivity index (χ0v) is 17.0. The lowest BCUT2D eigenvalue weighted by molar-refractivity contribution is -0.142. The number of primary amides is 1. The molecule has 156 valence electrons. The van der Waals surface area contributed by atoms with Gasteiger partial charge in [-0.1, -0.05) is 18.6 Å². The molecule has 30 heavy (non-hydrogen) atoms. The van der Waals surface area contributed by atoms with Gasteiger partial charge >= 0.3 is 5.97 Å². The van der Waals surface area contributed by atoms with Crippen LogP contribution in [0.1, 0.15) is 42.1 Å². The van der Waals surface area contributed by atoms with Crippen molar-refractivity contribution in [3.05, 3.63) is 59.5 Å². The van der Waals surface area contributed by atoms with E-state index in [0.29, 0.717) is 18.7 Å². The van der Waals surface area contributed by atoms with Crippen molar-refractivity contribution in [2.75, 3.05) is 13.7 Å². The number of hydrogen-bond acceptors (Lipinski definition) is 5. The summed E-state index contributed by atoms with van der Waals surface area (Å²) < 4.78 is 12.7. The Bertz CT molecular complexity index is 1070. The first-order valence-electron chi connectivity index (χ1n) is 10.1. The summed E-state index contributed by atoms with van der Waals surface area (Å²) in [5, 5.41) is 0.845. The van der Waals surface area contributed by atoms with E-state index in [2.05, 4.69) is 9.55 Å². The molecule has 0 bridgehead atoms. The second-order valence-electron chi connectivity index (χ2n) is 7.48. The Balaban J connectivity index is 1.91. The fourth-order valence-electron chi connectivity index (χ4n) is 4.32. The van der Waals surface area contributed by atoms with Crippen molar-refractivity contribution in [2.45, 2.75) is 38.1 Å². The Morgan fingerprint density at radius 2 is 2.07 bits per heavy atom. The van der Waals surface area contributed by atoms with Gasteiger partial charge in [-0.05, 0) is 49.1 Å². The van der Waals surface area contributed by atoms with E-state index in [1.807, 2.05) is 36.4 Å². The van der Waals surface area contributed by atoms with Crippen LogP contribution in [0.25, 0.3) is 10.9 Å². The smallest absolute Gasteiger partial charge is 0.343 e. The number of esters is 1. The molecule has 7 nitrogen and oxygen atoms in total. The van der Waals surface area contributed by atoms with Gasteiger partial charge in [0.25, 0.3) is 0 Å². The number of rotatable bonds is 6. The summed E-state index contributed by atoms with van der Waals surface area (Å²) in [7, 11) is 1.32. The van der Waals surface area contributed by atoms with E-state index in [0.717, 1.165) is 47.1 Å². The highest BCUT2D eigenvalue weighted by Gasteiger charge is 2.31. The highest BCUT2D eigenvalue weighted by atomic mass is 16.6. The molecule has 1 unspecified atom stereocenters.